The molecule has 0 saturated heterocycles. The Hall–Kier alpha value is -5.22. The molecule has 0 N–H and O–H groups in total. The Labute approximate surface area is 254 Å². The molecule has 0 fully saturated rings. The zero-order chi connectivity index (χ0) is 30.3. The lowest BCUT2D eigenvalue weighted by atomic mass is 10.1. The second-order valence-corrected chi connectivity index (χ2v) is 10.1. The first-order chi connectivity index (χ1) is 21.0. The van der Waals surface area contributed by atoms with E-state index in [0.29, 0.717) is 42.3 Å². The SMILES string of the molecule is CC(/C=C/C(=O)c1ccc(OCCCOc2ccc(C(=O)/C=C/C(C)=C/c3ccccc3)cc2)cc1)=C\c1ccccc1. The van der Waals surface area contributed by atoms with E-state index in [1.165, 1.54) is 0 Å². The Morgan fingerprint density at radius 1 is 0.512 bits per heavy atom. The van der Waals surface area contributed by atoms with Crippen LogP contribution < -0.4 is 9.47 Å². The molecular formula is C39H36O4. The predicted octanol–water partition coefficient (Wildman–Crippen LogP) is 9.22. The van der Waals surface area contributed by atoms with E-state index in [1.807, 2.05) is 98.8 Å². The van der Waals surface area contributed by atoms with E-state index in [9.17, 15) is 9.59 Å². The molecule has 4 heteroatoms. The molecule has 43 heavy (non-hydrogen) atoms. The van der Waals surface area contributed by atoms with Gasteiger partial charge in [-0.05, 0) is 85.7 Å². The molecule has 0 amide bonds. The fourth-order valence-electron chi connectivity index (χ4n) is 4.20. The molecular weight excluding hydrogens is 532 g/mol. The number of hydrogen-bond donors (Lipinski definition) is 0. The topological polar surface area (TPSA) is 52.6 Å². The number of carbonyl (C=O) groups excluding carboxylic acids is 2. The van der Waals surface area contributed by atoms with E-state index in [1.54, 1.807) is 60.7 Å². The Bertz CT molecular complexity index is 1470. The number of ketones is 2. The largest absolute Gasteiger partial charge is 0.493 e. The molecule has 4 nitrogen and oxygen atoms in total. The van der Waals surface area contributed by atoms with E-state index >= 15 is 0 Å². The van der Waals surface area contributed by atoms with Crippen LogP contribution in [0.4, 0.5) is 0 Å². The lowest BCUT2D eigenvalue weighted by molar-refractivity contribution is 0.103. The Balaban J connectivity index is 1.16. The van der Waals surface area contributed by atoms with Crippen LogP contribution >= 0.6 is 0 Å². The molecule has 0 atom stereocenters. The normalized spacial score (nSPS) is 12.0. The van der Waals surface area contributed by atoms with Gasteiger partial charge in [-0.25, -0.2) is 0 Å². The smallest absolute Gasteiger partial charge is 0.185 e. The highest BCUT2D eigenvalue weighted by Crippen LogP contribution is 2.16. The van der Waals surface area contributed by atoms with Crippen molar-refractivity contribution in [3.8, 4) is 11.5 Å². The first kappa shape index (κ1) is 30.7. The summed E-state index contributed by atoms with van der Waals surface area (Å²) in [5.74, 6) is 1.29. The summed E-state index contributed by atoms with van der Waals surface area (Å²) in [6.45, 7) is 4.90. The monoisotopic (exact) mass is 568 g/mol. The second kappa shape index (κ2) is 16.3. The number of allylic oxidation sites excluding steroid dienone is 6. The fraction of sp³-hybridized carbons (Fsp3) is 0.128. The van der Waals surface area contributed by atoms with Gasteiger partial charge in [0.05, 0.1) is 13.2 Å². The van der Waals surface area contributed by atoms with Gasteiger partial charge in [0.15, 0.2) is 11.6 Å². The highest BCUT2D eigenvalue weighted by atomic mass is 16.5. The van der Waals surface area contributed by atoms with Crippen molar-refractivity contribution in [3.63, 3.8) is 0 Å². The van der Waals surface area contributed by atoms with Crippen LogP contribution in [0.5, 0.6) is 11.5 Å². The third kappa shape index (κ3) is 10.6. The molecule has 4 aromatic rings. The molecule has 0 unspecified atom stereocenters. The highest BCUT2D eigenvalue weighted by Gasteiger charge is 2.04. The summed E-state index contributed by atoms with van der Waals surface area (Å²) in [6.07, 6.45) is 11.6. The zero-order valence-corrected chi connectivity index (χ0v) is 24.6. The maximum absolute atomic E-state index is 12.5. The summed E-state index contributed by atoms with van der Waals surface area (Å²) >= 11 is 0. The van der Waals surface area contributed by atoms with Crippen molar-refractivity contribution in [1.29, 1.82) is 0 Å². The fourth-order valence-corrected chi connectivity index (χ4v) is 4.20. The van der Waals surface area contributed by atoms with Crippen molar-refractivity contribution < 1.29 is 19.1 Å². The summed E-state index contributed by atoms with van der Waals surface area (Å²) < 4.78 is 11.6. The molecule has 216 valence electrons. The third-order valence-corrected chi connectivity index (χ3v) is 6.49. The average Bonchev–Trinajstić information content (AvgIpc) is 3.04. The minimum Gasteiger partial charge on any atom is -0.493 e. The molecule has 0 aromatic heterocycles. The predicted molar refractivity (Wildman–Crippen MR) is 176 cm³/mol. The van der Waals surface area contributed by atoms with E-state index < -0.39 is 0 Å². The van der Waals surface area contributed by atoms with E-state index in [0.717, 1.165) is 22.3 Å². The van der Waals surface area contributed by atoms with Crippen molar-refractivity contribution in [2.45, 2.75) is 20.3 Å². The Kier molecular flexibility index (Phi) is 11.6. The van der Waals surface area contributed by atoms with Crippen LogP contribution in [0.25, 0.3) is 12.2 Å². The summed E-state index contributed by atoms with van der Waals surface area (Å²) in [5.41, 5.74) is 5.41. The molecule has 4 rings (SSSR count). The number of carbonyl (C=O) groups is 2. The van der Waals surface area contributed by atoms with Crippen LogP contribution in [-0.2, 0) is 0 Å². The van der Waals surface area contributed by atoms with Crippen LogP contribution in [0.2, 0.25) is 0 Å². The minimum absolute atomic E-state index is 0.0560. The maximum atomic E-state index is 12.5. The van der Waals surface area contributed by atoms with E-state index in [2.05, 4.69) is 0 Å². The van der Waals surface area contributed by atoms with E-state index in [-0.39, 0.29) is 11.6 Å². The van der Waals surface area contributed by atoms with Gasteiger partial charge in [0.1, 0.15) is 11.5 Å². The molecule has 4 aromatic carbocycles. The molecule has 0 aliphatic rings. The lowest BCUT2D eigenvalue weighted by Crippen LogP contribution is -2.05. The molecule has 0 spiro atoms. The minimum atomic E-state index is -0.0560. The van der Waals surface area contributed by atoms with Crippen LogP contribution in [0.3, 0.4) is 0 Å². The molecule has 0 heterocycles. The van der Waals surface area contributed by atoms with Gasteiger partial charge < -0.3 is 9.47 Å². The first-order valence-electron chi connectivity index (χ1n) is 14.3. The van der Waals surface area contributed by atoms with Gasteiger partial charge in [-0.3, -0.25) is 9.59 Å². The maximum Gasteiger partial charge on any atom is 0.185 e. The van der Waals surface area contributed by atoms with Crippen molar-refractivity contribution in [1.82, 2.24) is 0 Å². The third-order valence-electron chi connectivity index (χ3n) is 6.49. The van der Waals surface area contributed by atoms with E-state index in [4.69, 9.17) is 9.47 Å². The van der Waals surface area contributed by atoms with Crippen molar-refractivity contribution in [3.05, 3.63) is 167 Å². The summed E-state index contributed by atoms with van der Waals surface area (Å²) in [5, 5.41) is 0. The average molecular weight is 569 g/mol. The number of benzene rings is 4. The molecule has 0 bridgehead atoms. The van der Waals surface area contributed by atoms with Gasteiger partial charge in [0, 0.05) is 17.5 Å². The number of ether oxygens (including phenoxy) is 2. The molecule has 0 aliphatic carbocycles. The van der Waals surface area contributed by atoms with Gasteiger partial charge in [-0.15, -0.1) is 0 Å². The standard InChI is InChI=1S/C39H36O4/c1-30(28-32-10-5-3-6-11-32)14-24-38(40)34-16-20-36(21-17-34)42-26-9-27-43-37-22-18-35(19-23-37)39(41)25-15-31(2)29-33-12-7-4-8-13-33/h3-8,10-25,28-29H,9,26-27H2,1-2H3/b24-14+,25-15+,30-28+,31-29+. The number of rotatable bonds is 14. The van der Waals surface area contributed by atoms with Gasteiger partial charge in [-0.2, -0.15) is 0 Å². The molecule has 0 saturated carbocycles. The lowest BCUT2D eigenvalue weighted by Gasteiger charge is -2.09. The van der Waals surface area contributed by atoms with Gasteiger partial charge in [0.25, 0.3) is 0 Å². The highest BCUT2D eigenvalue weighted by molar-refractivity contribution is 6.05. The van der Waals surface area contributed by atoms with Crippen LogP contribution in [-0.4, -0.2) is 24.8 Å². The molecule has 0 aliphatic heterocycles. The Morgan fingerprint density at radius 2 is 0.884 bits per heavy atom. The van der Waals surface area contributed by atoms with Crippen molar-refractivity contribution in [2.24, 2.45) is 0 Å². The van der Waals surface area contributed by atoms with Gasteiger partial charge >= 0.3 is 0 Å². The van der Waals surface area contributed by atoms with Gasteiger partial charge in [0.2, 0.25) is 0 Å². The summed E-state index contributed by atoms with van der Waals surface area (Å²) in [6, 6.07) is 34.3. The quantitative estimate of drug-likeness (QED) is 0.0658. The van der Waals surface area contributed by atoms with Crippen LogP contribution in [0.1, 0.15) is 52.1 Å². The molecule has 0 radical (unpaired) electrons. The van der Waals surface area contributed by atoms with Crippen molar-refractivity contribution >= 4 is 23.7 Å². The van der Waals surface area contributed by atoms with Crippen molar-refractivity contribution in [2.75, 3.05) is 13.2 Å². The first-order valence-corrected chi connectivity index (χ1v) is 14.3. The van der Waals surface area contributed by atoms with Crippen LogP contribution in [0, 0.1) is 0 Å². The summed E-state index contributed by atoms with van der Waals surface area (Å²) in [4.78, 5) is 25.1. The zero-order valence-electron chi connectivity index (χ0n) is 24.6. The number of hydrogen-bond acceptors (Lipinski definition) is 4. The van der Waals surface area contributed by atoms with Gasteiger partial charge in [-0.1, -0.05) is 96.1 Å². The second-order valence-electron chi connectivity index (χ2n) is 10.1. The summed E-state index contributed by atoms with van der Waals surface area (Å²) in [7, 11) is 0. The van der Waals surface area contributed by atoms with Crippen LogP contribution in [0.15, 0.2) is 145 Å². The Morgan fingerprint density at radius 3 is 1.26 bits per heavy atom.